The fourth-order valence-electron chi connectivity index (χ4n) is 3.83. The fourth-order valence-corrected chi connectivity index (χ4v) is 4.32. The van der Waals surface area contributed by atoms with Crippen LogP contribution in [0.25, 0.3) is 11.0 Å². The van der Waals surface area contributed by atoms with E-state index in [1.165, 1.54) is 18.5 Å². The van der Waals surface area contributed by atoms with Gasteiger partial charge in [-0.2, -0.15) is 13.2 Å². The predicted molar refractivity (Wildman–Crippen MR) is 115 cm³/mol. The van der Waals surface area contributed by atoms with Gasteiger partial charge in [0.25, 0.3) is 11.5 Å². The van der Waals surface area contributed by atoms with Gasteiger partial charge in [-0.05, 0) is 37.0 Å². The summed E-state index contributed by atoms with van der Waals surface area (Å²) in [7, 11) is 0. The van der Waals surface area contributed by atoms with Gasteiger partial charge < -0.3 is 14.6 Å². The Morgan fingerprint density at radius 1 is 1.24 bits per heavy atom. The molecule has 0 saturated heterocycles. The number of carbonyl (C=O) groups is 1. The summed E-state index contributed by atoms with van der Waals surface area (Å²) >= 11 is 11.5. The molecule has 178 valence electrons. The van der Waals surface area contributed by atoms with Crippen LogP contribution in [0, 0.1) is 11.7 Å². The highest BCUT2D eigenvalue weighted by atomic mass is 35.5. The molecule has 1 atom stereocenters. The molecule has 1 saturated carbocycles. The van der Waals surface area contributed by atoms with Gasteiger partial charge in [0.05, 0.1) is 28.4 Å². The molecule has 2 aromatic heterocycles. The summed E-state index contributed by atoms with van der Waals surface area (Å²) in [5.41, 5.74) is -3.19. The number of carbonyl (C=O) groups excluding carboxylic acids is 1. The molecule has 1 aliphatic carbocycles. The number of nitrogens with zero attached hydrogens (tertiary/aromatic N) is 2. The third-order valence-electron chi connectivity index (χ3n) is 5.90. The van der Waals surface area contributed by atoms with Crippen LogP contribution in [0.4, 0.5) is 17.6 Å². The molecule has 1 aliphatic heterocycles. The van der Waals surface area contributed by atoms with Crippen LogP contribution < -0.4 is 5.32 Å². The van der Waals surface area contributed by atoms with Crippen molar-refractivity contribution in [3.63, 3.8) is 0 Å². The van der Waals surface area contributed by atoms with E-state index >= 15 is 0 Å². The van der Waals surface area contributed by atoms with Gasteiger partial charge >= 0.3 is 6.18 Å². The molecule has 5 rings (SSSR count). The van der Waals surface area contributed by atoms with Crippen molar-refractivity contribution in [3.05, 3.63) is 63.3 Å². The lowest BCUT2D eigenvalue weighted by molar-refractivity contribution is -0.275. The maximum atomic E-state index is 14.3. The average Bonchev–Trinajstić information content (AvgIpc) is 3.28. The number of hydrogen-bond acceptors (Lipinski definition) is 5. The molecule has 1 aromatic carbocycles. The minimum Gasteiger partial charge on any atom is -0.462 e. The van der Waals surface area contributed by atoms with Crippen molar-refractivity contribution in [1.29, 1.82) is 0 Å². The first kappa shape index (κ1) is 22.9. The monoisotopic (exact) mass is 515 g/mol. The highest BCUT2D eigenvalue weighted by Gasteiger charge is 2.62. The van der Waals surface area contributed by atoms with Crippen LogP contribution in [-0.4, -0.2) is 29.3 Å². The highest BCUT2D eigenvalue weighted by Crippen LogP contribution is 2.50. The van der Waals surface area contributed by atoms with Crippen molar-refractivity contribution in [3.8, 4) is 0 Å². The van der Waals surface area contributed by atoms with Crippen LogP contribution in [0.5, 0.6) is 0 Å². The summed E-state index contributed by atoms with van der Waals surface area (Å²) in [4.78, 5) is 21.6. The Hall–Kier alpha value is -2.85. The predicted octanol–water partition coefficient (Wildman–Crippen LogP) is 6.00. The molecule has 34 heavy (non-hydrogen) atoms. The summed E-state index contributed by atoms with van der Waals surface area (Å²) in [6, 6.07) is 3.13. The van der Waals surface area contributed by atoms with Gasteiger partial charge in [-0.3, -0.25) is 4.79 Å². The second-order valence-electron chi connectivity index (χ2n) is 8.22. The molecule has 0 radical (unpaired) electrons. The SMILES string of the molecule is O=C(NCC1CC1)c1ncc(C2=NOC(c3cc(Cl)c(F)c(Cl)c3)(C(F)(F)F)C2)c2ccoc12. The van der Waals surface area contributed by atoms with Gasteiger partial charge in [0.15, 0.2) is 17.1 Å². The second-order valence-corrected chi connectivity index (χ2v) is 9.04. The van der Waals surface area contributed by atoms with Gasteiger partial charge in [0, 0.05) is 29.3 Å². The molecule has 0 bridgehead atoms. The lowest BCUT2D eigenvalue weighted by Gasteiger charge is -2.29. The second kappa shape index (κ2) is 8.13. The minimum absolute atomic E-state index is 0.0168. The summed E-state index contributed by atoms with van der Waals surface area (Å²) in [5, 5.41) is 5.66. The van der Waals surface area contributed by atoms with Crippen molar-refractivity contribution in [2.24, 2.45) is 11.1 Å². The summed E-state index contributed by atoms with van der Waals surface area (Å²) in [6.45, 7) is 0.516. The Balaban J connectivity index is 1.51. The van der Waals surface area contributed by atoms with E-state index in [0.717, 1.165) is 25.0 Å². The first-order chi connectivity index (χ1) is 16.1. The van der Waals surface area contributed by atoms with E-state index in [1.54, 1.807) is 0 Å². The quantitative estimate of drug-likeness (QED) is 0.334. The van der Waals surface area contributed by atoms with E-state index in [9.17, 15) is 22.4 Å². The number of pyridine rings is 1. The maximum Gasteiger partial charge on any atom is 0.435 e. The zero-order valence-corrected chi connectivity index (χ0v) is 18.7. The summed E-state index contributed by atoms with van der Waals surface area (Å²) in [5.74, 6) is -1.03. The van der Waals surface area contributed by atoms with E-state index in [4.69, 9.17) is 32.5 Å². The number of fused-ring (bicyclic) bond motifs is 1. The normalized spacial score (nSPS) is 20.4. The molecule has 3 aromatic rings. The van der Waals surface area contributed by atoms with E-state index in [0.29, 0.717) is 17.8 Å². The van der Waals surface area contributed by atoms with Gasteiger partial charge in [-0.15, -0.1) is 0 Å². The minimum atomic E-state index is -4.95. The molecule has 1 N–H and O–H groups in total. The van der Waals surface area contributed by atoms with Crippen LogP contribution in [0.2, 0.25) is 10.0 Å². The van der Waals surface area contributed by atoms with E-state index < -0.39 is 45.5 Å². The van der Waals surface area contributed by atoms with Crippen LogP contribution in [0.1, 0.15) is 40.9 Å². The molecule has 1 unspecified atom stereocenters. The topological polar surface area (TPSA) is 76.7 Å². The van der Waals surface area contributed by atoms with Crippen LogP contribution in [0.15, 0.2) is 40.2 Å². The average molecular weight is 516 g/mol. The Morgan fingerprint density at radius 2 is 1.94 bits per heavy atom. The van der Waals surface area contributed by atoms with Crippen LogP contribution >= 0.6 is 23.2 Å². The number of amides is 1. The van der Waals surface area contributed by atoms with E-state index in [-0.39, 0.29) is 22.6 Å². The Kier molecular flexibility index (Phi) is 5.48. The van der Waals surface area contributed by atoms with Crippen molar-refractivity contribution < 1.29 is 31.6 Å². The standard InChI is InChI=1S/C22H15Cl2F4N3O3/c23-14-5-11(6-15(24)17(14)25)21(22(26,27)28)7-16(31-34-21)13-9-29-18(19-12(13)3-4-33-19)20(32)30-8-10-1-2-10/h3-6,9-10H,1-2,7-8H2,(H,30,32). The largest absolute Gasteiger partial charge is 0.462 e. The molecule has 3 heterocycles. The van der Waals surface area contributed by atoms with Crippen LogP contribution in [-0.2, 0) is 10.4 Å². The van der Waals surface area contributed by atoms with Gasteiger partial charge in [0.1, 0.15) is 0 Å². The van der Waals surface area contributed by atoms with Gasteiger partial charge in [0.2, 0.25) is 0 Å². The number of halogens is 6. The van der Waals surface area contributed by atoms with Gasteiger partial charge in [-0.25, -0.2) is 9.37 Å². The Labute approximate surface area is 199 Å². The third kappa shape index (κ3) is 3.78. The van der Waals surface area contributed by atoms with Crippen molar-refractivity contribution in [2.45, 2.75) is 31.0 Å². The highest BCUT2D eigenvalue weighted by molar-refractivity contribution is 6.35. The zero-order valence-electron chi connectivity index (χ0n) is 17.2. The number of nitrogens with one attached hydrogen (secondary N) is 1. The number of alkyl halides is 3. The zero-order chi connectivity index (χ0) is 24.3. The number of furan rings is 1. The molecule has 1 amide bonds. The first-order valence-electron chi connectivity index (χ1n) is 10.2. The number of oxime groups is 1. The molecular formula is C22H15Cl2F4N3O3. The summed E-state index contributed by atoms with van der Waals surface area (Å²) < 4.78 is 62.1. The lowest BCUT2D eigenvalue weighted by Crippen LogP contribution is -2.42. The van der Waals surface area contributed by atoms with Crippen LogP contribution in [0.3, 0.4) is 0 Å². The number of rotatable bonds is 5. The Morgan fingerprint density at radius 3 is 2.59 bits per heavy atom. The van der Waals surface area contributed by atoms with Gasteiger partial charge in [-0.1, -0.05) is 28.4 Å². The first-order valence-corrected chi connectivity index (χ1v) is 11.0. The van der Waals surface area contributed by atoms with E-state index in [1.807, 2.05) is 0 Å². The molecule has 6 nitrogen and oxygen atoms in total. The van der Waals surface area contributed by atoms with Crippen molar-refractivity contribution in [2.75, 3.05) is 6.54 Å². The summed E-state index contributed by atoms with van der Waals surface area (Å²) in [6.07, 6.45) is -1.05. The smallest absolute Gasteiger partial charge is 0.435 e. The fraction of sp³-hybridized carbons (Fsp3) is 0.318. The molecule has 1 fully saturated rings. The molecular weight excluding hydrogens is 501 g/mol. The molecule has 12 heteroatoms. The third-order valence-corrected chi connectivity index (χ3v) is 6.45. The number of aromatic nitrogens is 1. The van der Waals surface area contributed by atoms with Crippen molar-refractivity contribution >= 4 is 45.8 Å². The maximum absolute atomic E-state index is 14.3. The lowest BCUT2D eigenvalue weighted by atomic mass is 9.86. The van der Waals surface area contributed by atoms with Crippen molar-refractivity contribution in [1.82, 2.24) is 10.3 Å². The number of hydrogen-bond donors (Lipinski definition) is 1. The van der Waals surface area contributed by atoms with E-state index in [2.05, 4.69) is 15.5 Å². The molecule has 2 aliphatic rings. The Bertz CT molecular complexity index is 1310. The molecule has 0 spiro atoms. The number of benzene rings is 1.